The van der Waals surface area contributed by atoms with Crippen LogP contribution in [0.25, 0.3) is 0 Å². The molecule has 1 N–H and O–H groups in total. The zero-order chi connectivity index (χ0) is 13.7. The van der Waals surface area contributed by atoms with E-state index < -0.39 is 0 Å². The Hall–Kier alpha value is -1.74. The van der Waals surface area contributed by atoms with Crippen molar-refractivity contribution >= 4 is 0 Å². The first-order valence-electron chi connectivity index (χ1n) is 6.62. The maximum atomic E-state index is 13.9. The maximum absolute atomic E-state index is 13.9. The van der Waals surface area contributed by atoms with Crippen LogP contribution < -0.4 is 5.32 Å². The van der Waals surface area contributed by atoms with E-state index in [0.717, 1.165) is 18.5 Å². The van der Waals surface area contributed by atoms with Crippen LogP contribution in [0.4, 0.5) is 4.39 Å². The van der Waals surface area contributed by atoms with E-state index in [2.05, 4.69) is 17.2 Å². The summed E-state index contributed by atoms with van der Waals surface area (Å²) in [5.74, 6) is -0.267. The Morgan fingerprint density at radius 3 is 2.58 bits per heavy atom. The molecule has 100 valence electrons. The summed E-state index contributed by atoms with van der Waals surface area (Å²) in [6.07, 6.45) is 2.63. The highest BCUT2D eigenvalue weighted by Crippen LogP contribution is 2.22. The molecule has 2 aromatic rings. The van der Waals surface area contributed by atoms with Crippen molar-refractivity contribution in [2.24, 2.45) is 0 Å². The molecular formula is C16H19FN2. The highest BCUT2D eigenvalue weighted by molar-refractivity contribution is 5.30. The lowest BCUT2D eigenvalue weighted by atomic mass is 10.0. The van der Waals surface area contributed by atoms with E-state index >= 15 is 0 Å². The molecule has 0 radical (unpaired) electrons. The number of pyridine rings is 1. The Labute approximate surface area is 113 Å². The van der Waals surface area contributed by atoms with Crippen LogP contribution in [0.1, 0.15) is 36.2 Å². The van der Waals surface area contributed by atoms with Gasteiger partial charge in [0, 0.05) is 6.20 Å². The minimum absolute atomic E-state index is 0.193. The van der Waals surface area contributed by atoms with Crippen molar-refractivity contribution in [3.8, 4) is 0 Å². The molecule has 0 amide bonds. The average Bonchev–Trinajstić information content (AvgIpc) is 2.43. The smallest absolute Gasteiger partial charge is 0.146 e. The summed E-state index contributed by atoms with van der Waals surface area (Å²) in [6.45, 7) is 4.96. The highest BCUT2D eigenvalue weighted by Gasteiger charge is 2.18. The van der Waals surface area contributed by atoms with E-state index in [9.17, 15) is 4.39 Å². The molecule has 3 heteroatoms. The van der Waals surface area contributed by atoms with Crippen LogP contribution in [0.15, 0.2) is 42.6 Å². The minimum Gasteiger partial charge on any atom is -0.305 e. The average molecular weight is 258 g/mol. The quantitative estimate of drug-likeness (QED) is 0.886. The molecule has 0 aliphatic rings. The Morgan fingerprint density at radius 2 is 1.95 bits per heavy atom. The van der Waals surface area contributed by atoms with Crippen molar-refractivity contribution in [2.75, 3.05) is 6.54 Å². The fourth-order valence-corrected chi connectivity index (χ4v) is 2.03. The summed E-state index contributed by atoms with van der Waals surface area (Å²) in [6, 6.07) is 11.0. The SMILES string of the molecule is CCCNC(c1ccc(C)cc1)c1ncccc1F. The molecule has 19 heavy (non-hydrogen) atoms. The van der Waals surface area contributed by atoms with Gasteiger partial charge in [-0.3, -0.25) is 4.98 Å². The second kappa shape index (κ2) is 6.43. The predicted octanol–water partition coefficient (Wildman–Crippen LogP) is 3.62. The Morgan fingerprint density at radius 1 is 1.21 bits per heavy atom. The number of rotatable bonds is 5. The number of aryl methyl sites for hydroxylation is 1. The van der Waals surface area contributed by atoms with Gasteiger partial charge in [-0.2, -0.15) is 0 Å². The van der Waals surface area contributed by atoms with Crippen molar-refractivity contribution in [1.82, 2.24) is 10.3 Å². The molecule has 0 saturated heterocycles. The Kier molecular flexibility index (Phi) is 4.63. The Bertz CT molecular complexity index is 523. The van der Waals surface area contributed by atoms with E-state index in [1.54, 1.807) is 12.3 Å². The molecule has 0 aliphatic heterocycles. The van der Waals surface area contributed by atoms with Crippen molar-refractivity contribution in [1.29, 1.82) is 0 Å². The number of hydrogen-bond acceptors (Lipinski definition) is 2. The largest absolute Gasteiger partial charge is 0.305 e. The number of nitrogens with zero attached hydrogens (tertiary/aromatic N) is 1. The van der Waals surface area contributed by atoms with Gasteiger partial charge < -0.3 is 5.32 Å². The number of benzene rings is 1. The second-order valence-corrected chi connectivity index (χ2v) is 4.67. The van der Waals surface area contributed by atoms with Gasteiger partial charge in [0.05, 0.1) is 11.7 Å². The van der Waals surface area contributed by atoms with Gasteiger partial charge in [0.2, 0.25) is 0 Å². The molecular weight excluding hydrogens is 239 g/mol. The molecule has 0 aliphatic carbocycles. The molecule has 0 spiro atoms. The normalized spacial score (nSPS) is 12.4. The fraction of sp³-hybridized carbons (Fsp3) is 0.312. The van der Waals surface area contributed by atoms with E-state index in [4.69, 9.17) is 0 Å². The van der Waals surface area contributed by atoms with Gasteiger partial charge in [-0.25, -0.2) is 4.39 Å². The third-order valence-corrected chi connectivity index (χ3v) is 3.07. The zero-order valence-corrected chi connectivity index (χ0v) is 11.4. The number of nitrogens with one attached hydrogen (secondary N) is 1. The van der Waals surface area contributed by atoms with E-state index in [1.165, 1.54) is 11.6 Å². The van der Waals surface area contributed by atoms with E-state index in [-0.39, 0.29) is 11.9 Å². The summed E-state index contributed by atoms with van der Waals surface area (Å²) < 4.78 is 13.9. The lowest BCUT2D eigenvalue weighted by Gasteiger charge is -2.19. The summed E-state index contributed by atoms with van der Waals surface area (Å²) in [5.41, 5.74) is 2.69. The van der Waals surface area contributed by atoms with Crippen LogP contribution in [-0.2, 0) is 0 Å². The molecule has 2 nitrogen and oxygen atoms in total. The molecule has 2 rings (SSSR count). The zero-order valence-electron chi connectivity index (χ0n) is 11.4. The van der Waals surface area contributed by atoms with Crippen LogP contribution in [0.2, 0.25) is 0 Å². The third-order valence-electron chi connectivity index (χ3n) is 3.07. The molecule has 1 aromatic heterocycles. The summed E-state index contributed by atoms with van der Waals surface area (Å²) >= 11 is 0. The third kappa shape index (κ3) is 3.38. The topological polar surface area (TPSA) is 24.9 Å². The number of aromatic nitrogens is 1. The monoisotopic (exact) mass is 258 g/mol. The Balaban J connectivity index is 2.35. The molecule has 0 bridgehead atoms. The van der Waals surface area contributed by atoms with Crippen molar-refractivity contribution in [3.63, 3.8) is 0 Å². The van der Waals surface area contributed by atoms with Gasteiger partial charge in [-0.1, -0.05) is 36.8 Å². The summed E-state index contributed by atoms with van der Waals surface area (Å²) in [5, 5.41) is 3.36. The fourth-order valence-electron chi connectivity index (χ4n) is 2.03. The molecule has 0 saturated carbocycles. The van der Waals surface area contributed by atoms with Crippen LogP contribution in [0, 0.1) is 12.7 Å². The van der Waals surface area contributed by atoms with Gasteiger partial charge in [-0.05, 0) is 37.6 Å². The van der Waals surface area contributed by atoms with Gasteiger partial charge in [0.1, 0.15) is 5.82 Å². The predicted molar refractivity (Wildman–Crippen MR) is 75.5 cm³/mol. The molecule has 0 fully saturated rings. The maximum Gasteiger partial charge on any atom is 0.146 e. The van der Waals surface area contributed by atoms with Crippen LogP contribution in [-0.4, -0.2) is 11.5 Å². The van der Waals surface area contributed by atoms with Gasteiger partial charge in [-0.15, -0.1) is 0 Å². The van der Waals surface area contributed by atoms with Crippen molar-refractivity contribution < 1.29 is 4.39 Å². The first-order chi connectivity index (χ1) is 9.22. The lowest BCUT2D eigenvalue weighted by molar-refractivity contribution is 0.531. The van der Waals surface area contributed by atoms with Gasteiger partial charge in [0.15, 0.2) is 0 Å². The first-order valence-corrected chi connectivity index (χ1v) is 6.62. The summed E-state index contributed by atoms with van der Waals surface area (Å²) in [4.78, 5) is 4.19. The van der Waals surface area contributed by atoms with Crippen LogP contribution in [0.3, 0.4) is 0 Å². The van der Waals surface area contributed by atoms with Gasteiger partial charge in [0.25, 0.3) is 0 Å². The lowest BCUT2D eigenvalue weighted by Crippen LogP contribution is -2.25. The first kappa shape index (κ1) is 13.7. The standard InChI is InChI=1S/C16H19FN2/c1-3-10-18-15(13-8-6-12(2)7-9-13)16-14(17)5-4-11-19-16/h4-9,11,15,18H,3,10H2,1-2H3. The van der Waals surface area contributed by atoms with E-state index in [1.807, 2.05) is 31.2 Å². The molecule has 1 unspecified atom stereocenters. The van der Waals surface area contributed by atoms with Crippen molar-refractivity contribution in [3.05, 3.63) is 65.2 Å². The molecule has 1 heterocycles. The van der Waals surface area contributed by atoms with Crippen molar-refractivity contribution in [2.45, 2.75) is 26.3 Å². The number of hydrogen-bond donors (Lipinski definition) is 1. The van der Waals surface area contributed by atoms with Crippen LogP contribution >= 0.6 is 0 Å². The highest BCUT2D eigenvalue weighted by atomic mass is 19.1. The minimum atomic E-state index is -0.267. The molecule has 1 aromatic carbocycles. The van der Waals surface area contributed by atoms with Gasteiger partial charge >= 0.3 is 0 Å². The second-order valence-electron chi connectivity index (χ2n) is 4.67. The summed E-state index contributed by atoms with van der Waals surface area (Å²) in [7, 11) is 0. The van der Waals surface area contributed by atoms with E-state index in [0.29, 0.717) is 5.69 Å². The number of halogens is 1. The molecule has 1 atom stereocenters. The van der Waals surface area contributed by atoms with Crippen LogP contribution in [0.5, 0.6) is 0 Å².